The molecule has 5 nitrogen and oxygen atoms in total. The quantitative estimate of drug-likeness (QED) is 0.439. The third-order valence-electron chi connectivity index (χ3n) is 3.23. The first kappa shape index (κ1) is 12.7. The molecule has 0 radical (unpaired) electrons. The number of anilines is 1. The van der Waals surface area contributed by atoms with Crippen molar-refractivity contribution in [3.8, 4) is 0 Å². The van der Waals surface area contributed by atoms with Gasteiger partial charge < -0.3 is 16.4 Å². The van der Waals surface area contributed by atoms with E-state index < -0.39 is 0 Å². The highest BCUT2D eigenvalue weighted by Gasteiger charge is 2.21. The van der Waals surface area contributed by atoms with E-state index in [1.54, 1.807) is 0 Å². The van der Waals surface area contributed by atoms with E-state index >= 15 is 0 Å². The first-order valence-electron chi connectivity index (χ1n) is 6.97. The topological polar surface area (TPSA) is 75.3 Å². The third kappa shape index (κ3) is 3.38. The lowest BCUT2D eigenvalue weighted by Crippen LogP contribution is -2.33. The zero-order chi connectivity index (χ0) is 13.8. The summed E-state index contributed by atoms with van der Waals surface area (Å²) in [5, 5.41) is 7.57. The molecule has 3 rings (SSSR count). The zero-order valence-electron chi connectivity index (χ0n) is 11.3. The van der Waals surface area contributed by atoms with Crippen LogP contribution >= 0.6 is 0 Å². The van der Waals surface area contributed by atoms with Crippen LogP contribution < -0.4 is 16.4 Å². The van der Waals surface area contributed by atoms with Crippen LogP contribution in [0.5, 0.6) is 0 Å². The Hall–Kier alpha value is -2.30. The summed E-state index contributed by atoms with van der Waals surface area (Å²) in [6.45, 7) is 1.36. The van der Waals surface area contributed by atoms with Crippen LogP contribution in [-0.2, 0) is 0 Å². The SMILES string of the molecule is NC(=NCCNc1ccc2ccccc2n1)NC1CC1. The second kappa shape index (κ2) is 5.77. The van der Waals surface area contributed by atoms with Crippen LogP contribution in [0, 0.1) is 0 Å². The summed E-state index contributed by atoms with van der Waals surface area (Å²) >= 11 is 0. The summed E-state index contributed by atoms with van der Waals surface area (Å²) in [6, 6.07) is 12.7. The van der Waals surface area contributed by atoms with Crippen LogP contribution in [-0.4, -0.2) is 30.1 Å². The lowest BCUT2D eigenvalue weighted by molar-refractivity contribution is 0.878. The highest BCUT2D eigenvalue weighted by Crippen LogP contribution is 2.18. The number of guanidine groups is 1. The number of nitrogens with zero attached hydrogens (tertiary/aromatic N) is 2. The fourth-order valence-corrected chi connectivity index (χ4v) is 2.01. The molecule has 1 saturated carbocycles. The molecule has 20 heavy (non-hydrogen) atoms. The summed E-state index contributed by atoms with van der Waals surface area (Å²) in [5.74, 6) is 1.41. The van der Waals surface area contributed by atoms with Crippen molar-refractivity contribution in [1.29, 1.82) is 0 Å². The maximum Gasteiger partial charge on any atom is 0.188 e. The number of rotatable bonds is 5. The summed E-state index contributed by atoms with van der Waals surface area (Å²) in [7, 11) is 0. The maximum absolute atomic E-state index is 5.76. The van der Waals surface area contributed by atoms with Gasteiger partial charge in [0.15, 0.2) is 5.96 Å². The number of hydrogen-bond donors (Lipinski definition) is 3. The number of para-hydroxylation sites is 1. The van der Waals surface area contributed by atoms with E-state index in [1.165, 1.54) is 12.8 Å². The number of aliphatic imine (C=N–C) groups is 1. The Morgan fingerprint density at radius 1 is 1.25 bits per heavy atom. The van der Waals surface area contributed by atoms with E-state index in [0.717, 1.165) is 23.3 Å². The molecule has 0 bridgehead atoms. The third-order valence-corrected chi connectivity index (χ3v) is 3.23. The van der Waals surface area contributed by atoms with Crippen LogP contribution in [0.1, 0.15) is 12.8 Å². The first-order valence-corrected chi connectivity index (χ1v) is 6.97. The van der Waals surface area contributed by atoms with Gasteiger partial charge in [-0.15, -0.1) is 0 Å². The Balaban J connectivity index is 1.51. The van der Waals surface area contributed by atoms with Gasteiger partial charge in [0.05, 0.1) is 12.1 Å². The number of hydrogen-bond acceptors (Lipinski definition) is 3. The molecule has 0 spiro atoms. The van der Waals surface area contributed by atoms with Crippen LogP contribution in [0.15, 0.2) is 41.4 Å². The molecule has 1 aliphatic rings. The molecule has 0 saturated heterocycles. The number of nitrogens with one attached hydrogen (secondary N) is 2. The van der Waals surface area contributed by atoms with Crippen molar-refractivity contribution in [3.63, 3.8) is 0 Å². The predicted octanol–water partition coefficient (Wildman–Crippen LogP) is 1.71. The standard InChI is InChI=1S/C15H19N5/c16-15(19-12-6-7-12)18-10-9-17-14-8-5-11-3-1-2-4-13(11)20-14/h1-5,8,12H,6-7,9-10H2,(H,17,20)(H3,16,18,19). The Bertz CT molecular complexity index is 618. The summed E-state index contributed by atoms with van der Waals surface area (Å²) < 4.78 is 0. The van der Waals surface area contributed by atoms with E-state index in [2.05, 4.69) is 32.7 Å². The molecule has 2 aromatic rings. The Labute approximate surface area is 118 Å². The van der Waals surface area contributed by atoms with Gasteiger partial charge >= 0.3 is 0 Å². The van der Waals surface area contributed by atoms with Crippen LogP contribution in [0.2, 0.25) is 0 Å². The number of benzene rings is 1. The minimum Gasteiger partial charge on any atom is -0.370 e. The molecule has 5 heteroatoms. The monoisotopic (exact) mass is 269 g/mol. The van der Waals surface area contributed by atoms with Gasteiger partial charge in [0, 0.05) is 18.0 Å². The van der Waals surface area contributed by atoms with Gasteiger partial charge in [-0.3, -0.25) is 4.99 Å². The van der Waals surface area contributed by atoms with Crippen molar-refractivity contribution >= 4 is 22.7 Å². The number of nitrogens with two attached hydrogens (primary N) is 1. The number of pyridine rings is 1. The van der Waals surface area contributed by atoms with Gasteiger partial charge in [-0.25, -0.2) is 4.98 Å². The average molecular weight is 269 g/mol. The van der Waals surface area contributed by atoms with E-state index in [4.69, 9.17) is 5.73 Å². The van der Waals surface area contributed by atoms with E-state index in [9.17, 15) is 0 Å². The first-order chi connectivity index (χ1) is 9.81. The van der Waals surface area contributed by atoms with Crippen molar-refractivity contribution < 1.29 is 0 Å². The van der Waals surface area contributed by atoms with Crippen LogP contribution in [0.25, 0.3) is 10.9 Å². The smallest absolute Gasteiger partial charge is 0.188 e. The molecular formula is C15H19N5. The maximum atomic E-state index is 5.76. The zero-order valence-corrected chi connectivity index (χ0v) is 11.3. The lowest BCUT2D eigenvalue weighted by Gasteiger charge is -2.06. The molecule has 1 aromatic heterocycles. The van der Waals surface area contributed by atoms with Crippen LogP contribution in [0.3, 0.4) is 0 Å². The van der Waals surface area contributed by atoms with Crippen molar-refractivity contribution in [2.45, 2.75) is 18.9 Å². The highest BCUT2D eigenvalue weighted by atomic mass is 15.1. The normalized spacial score (nSPS) is 15.3. The lowest BCUT2D eigenvalue weighted by atomic mass is 10.2. The summed E-state index contributed by atoms with van der Waals surface area (Å²) in [5.41, 5.74) is 6.76. The molecule has 0 atom stereocenters. The van der Waals surface area contributed by atoms with Gasteiger partial charge in [-0.2, -0.15) is 0 Å². The second-order valence-corrected chi connectivity index (χ2v) is 5.00. The van der Waals surface area contributed by atoms with E-state index in [1.807, 2.05) is 24.3 Å². The van der Waals surface area contributed by atoms with Crippen molar-refractivity contribution in [2.24, 2.45) is 10.7 Å². The minimum atomic E-state index is 0.542. The summed E-state index contributed by atoms with van der Waals surface area (Å²) in [6.07, 6.45) is 2.41. The van der Waals surface area contributed by atoms with Gasteiger partial charge in [-0.1, -0.05) is 18.2 Å². The predicted molar refractivity (Wildman–Crippen MR) is 82.9 cm³/mol. The Morgan fingerprint density at radius 2 is 2.10 bits per heavy atom. The van der Waals surface area contributed by atoms with Crippen LogP contribution in [0.4, 0.5) is 5.82 Å². The molecule has 104 valence electrons. The largest absolute Gasteiger partial charge is 0.370 e. The number of fused-ring (bicyclic) bond motifs is 1. The van der Waals surface area contributed by atoms with Gasteiger partial charge in [0.25, 0.3) is 0 Å². The fourth-order valence-electron chi connectivity index (χ4n) is 2.01. The highest BCUT2D eigenvalue weighted by molar-refractivity contribution is 5.80. The van der Waals surface area contributed by atoms with Crippen molar-refractivity contribution in [2.75, 3.05) is 18.4 Å². The van der Waals surface area contributed by atoms with E-state index in [0.29, 0.717) is 18.5 Å². The Kier molecular flexibility index (Phi) is 3.67. The van der Waals surface area contributed by atoms with Crippen molar-refractivity contribution in [3.05, 3.63) is 36.4 Å². The number of aromatic nitrogens is 1. The molecule has 1 heterocycles. The fraction of sp³-hybridized carbons (Fsp3) is 0.333. The molecule has 0 amide bonds. The van der Waals surface area contributed by atoms with Gasteiger partial charge in [0.2, 0.25) is 0 Å². The van der Waals surface area contributed by atoms with Gasteiger partial charge in [-0.05, 0) is 31.0 Å². The average Bonchev–Trinajstić information content (AvgIpc) is 3.27. The summed E-state index contributed by atoms with van der Waals surface area (Å²) in [4.78, 5) is 8.82. The molecule has 0 unspecified atom stereocenters. The second-order valence-electron chi connectivity index (χ2n) is 5.00. The molecule has 1 fully saturated rings. The Morgan fingerprint density at radius 3 is 2.95 bits per heavy atom. The van der Waals surface area contributed by atoms with Gasteiger partial charge in [0.1, 0.15) is 5.82 Å². The molecule has 1 aromatic carbocycles. The molecule has 4 N–H and O–H groups in total. The molecule has 0 aliphatic heterocycles. The van der Waals surface area contributed by atoms with Crippen molar-refractivity contribution in [1.82, 2.24) is 10.3 Å². The minimum absolute atomic E-state index is 0.542. The van der Waals surface area contributed by atoms with E-state index in [-0.39, 0.29) is 0 Å². The molecular weight excluding hydrogens is 250 g/mol. The molecule has 1 aliphatic carbocycles.